The molecule has 7 nitrogen and oxygen atoms in total. The van der Waals surface area contributed by atoms with E-state index in [-0.39, 0.29) is 12.6 Å². The maximum atomic E-state index is 12.8. The normalized spacial score (nSPS) is 17.6. The zero-order valence-electron chi connectivity index (χ0n) is 17.0. The smallest absolute Gasteiger partial charge is 0.241 e. The molecule has 0 fully saturated rings. The molecule has 1 aliphatic rings. The number of carbonyl (C=O) groups excluding carboxylic acids is 1. The average Bonchev–Trinajstić information content (AvgIpc) is 2.64. The van der Waals surface area contributed by atoms with Gasteiger partial charge in [-0.05, 0) is 32.0 Å². The van der Waals surface area contributed by atoms with Crippen LogP contribution < -0.4 is 19.1 Å². The molecule has 1 heterocycles. The molecule has 0 saturated heterocycles. The zero-order valence-corrected chi connectivity index (χ0v) is 17.8. The summed E-state index contributed by atoms with van der Waals surface area (Å²) in [5, 5.41) is 2.98. The Labute approximate surface area is 171 Å². The summed E-state index contributed by atoms with van der Waals surface area (Å²) in [7, 11) is -2.17. The number of sulfonamides is 1. The van der Waals surface area contributed by atoms with Crippen LogP contribution in [0.1, 0.15) is 31.9 Å². The topological polar surface area (TPSA) is 84.9 Å². The molecular formula is C21H26N2O5S. The monoisotopic (exact) mass is 418 g/mol. The summed E-state index contributed by atoms with van der Waals surface area (Å²) >= 11 is 0. The molecule has 29 heavy (non-hydrogen) atoms. The van der Waals surface area contributed by atoms with Gasteiger partial charge in [0.1, 0.15) is 23.6 Å². The summed E-state index contributed by atoms with van der Waals surface area (Å²) in [6.07, 6.45) is 1.65. The third kappa shape index (κ3) is 5.00. The van der Waals surface area contributed by atoms with E-state index in [4.69, 9.17) is 9.47 Å². The van der Waals surface area contributed by atoms with Gasteiger partial charge in [0.25, 0.3) is 0 Å². The van der Waals surface area contributed by atoms with Crippen LogP contribution in [-0.2, 0) is 14.8 Å². The van der Waals surface area contributed by atoms with Crippen LogP contribution in [0.25, 0.3) is 0 Å². The second-order valence-electron chi connectivity index (χ2n) is 7.69. The number of benzene rings is 2. The highest BCUT2D eigenvalue weighted by atomic mass is 32.2. The molecule has 1 atom stereocenters. The number of amides is 1. The number of rotatable bonds is 6. The summed E-state index contributed by atoms with van der Waals surface area (Å²) in [4.78, 5) is 12.8. The Balaban J connectivity index is 1.82. The highest BCUT2D eigenvalue weighted by molar-refractivity contribution is 7.92. The molecule has 2 aromatic carbocycles. The van der Waals surface area contributed by atoms with Crippen LogP contribution in [0.15, 0.2) is 48.5 Å². The second kappa shape index (κ2) is 7.94. The lowest BCUT2D eigenvalue weighted by molar-refractivity contribution is -0.120. The van der Waals surface area contributed by atoms with Gasteiger partial charge in [0.2, 0.25) is 15.9 Å². The van der Waals surface area contributed by atoms with Crippen molar-refractivity contribution in [2.45, 2.75) is 31.9 Å². The number of hydrogen-bond donors (Lipinski definition) is 1. The van der Waals surface area contributed by atoms with Crippen molar-refractivity contribution >= 4 is 21.6 Å². The summed E-state index contributed by atoms with van der Waals surface area (Å²) in [5.41, 5.74) is 0.803. The third-order valence-electron chi connectivity index (χ3n) is 4.74. The first-order chi connectivity index (χ1) is 13.6. The van der Waals surface area contributed by atoms with Gasteiger partial charge in [-0.15, -0.1) is 0 Å². The number of anilines is 1. The standard InChI is InChI=1S/C21H26N2O5S/c1-21(2)13-18(17-10-5-6-11-19(17)28-21)22-20(24)14-23(29(4,25)26)15-8-7-9-16(12-15)27-3/h5-12,18H,13-14H2,1-4H3,(H,22,24)/t18-/m0/s1. The highest BCUT2D eigenvalue weighted by Crippen LogP contribution is 2.39. The Kier molecular flexibility index (Phi) is 5.75. The molecule has 1 amide bonds. The van der Waals surface area contributed by atoms with Crippen molar-refractivity contribution in [2.24, 2.45) is 0 Å². The maximum Gasteiger partial charge on any atom is 0.241 e. The summed E-state index contributed by atoms with van der Waals surface area (Å²) in [5.74, 6) is 0.842. The lowest BCUT2D eigenvalue weighted by atomic mass is 9.89. The minimum absolute atomic E-state index is 0.269. The zero-order chi connectivity index (χ0) is 21.2. The van der Waals surface area contributed by atoms with E-state index in [0.29, 0.717) is 17.9 Å². The van der Waals surface area contributed by atoms with Crippen LogP contribution in [-0.4, -0.2) is 39.8 Å². The largest absolute Gasteiger partial charge is 0.497 e. The molecule has 0 unspecified atom stereocenters. The fraction of sp³-hybridized carbons (Fsp3) is 0.381. The Hall–Kier alpha value is -2.74. The van der Waals surface area contributed by atoms with Crippen LogP contribution in [0.2, 0.25) is 0 Å². The molecular weight excluding hydrogens is 392 g/mol. The van der Waals surface area contributed by atoms with Crippen LogP contribution in [0, 0.1) is 0 Å². The van der Waals surface area contributed by atoms with Gasteiger partial charge in [-0.2, -0.15) is 0 Å². The van der Waals surface area contributed by atoms with E-state index in [1.807, 2.05) is 38.1 Å². The minimum atomic E-state index is -3.67. The molecule has 2 aromatic rings. The number of nitrogens with one attached hydrogen (secondary N) is 1. The fourth-order valence-corrected chi connectivity index (χ4v) is 4.32. The second-order valence-corrected chi connectivity index (χ2v) is 9.60. The van der Waals surface area contributed by atoms with E-state index in [0.717, 1.165) is 21.9 Å². The van der Waals surface area contributed by atoms with Gasteiger partial charge in [-0.3, -0.25) is 9.10 Å². The summed E-state index contributed by atoms with van der Waals surface area (Å²) < 4.78 is 36.9. The molecule has 1 aliphatic heterocycles. The van der Waals surface area contributed by atoms with Crippen molar-refractivity contribution in [3.05, 3.63) is 54.1 Å². The summed E-state index contributed by atoms with van der Waals surface area (Å²) in [6, 6.07) is 13.9. The maximum absolute atomic E-state index is 12.8. The Morgan fingerprint density at radius 1 is 1.24 bits per heavy atom. The SMILES string of the molecule is COc1cccc(N(CC(=O)N[C@H]2CC(C)(C)Oc3ccccc32)S(C)(=O)=O)c1. The molecule has 156 valence electrons. The van der Waals surface area contributed by atoms with Gasteiger partial charge < -0.3 is 14.8 Å². The van der Waals surface area contributed by atoms with E-state index >= 15 is 0 Å². The predicted molar refractivity (Wildman–Crippen MR) is 112 cm³/mol. The fourth-order valence-electron chi connectivity index (χ4n) is 3.47. The van der Waals surface area contributed by atoms with Crippen LogP contribution in [0.4, 0.5) is 5.69 Å². The molecule has 0 spiro atoms. The number of hydrogen-bond acceptors (Lipinski definition) is 5. The molecule has 8 heteroatoms. The third-order valence-corrected chi connectivity index (χ3v) is 5.88. The molecule has 1 N–H and O–H groups in total. The van der Waals surface area contributed by atoms with Crippen LogP contribution in [0.3, 0.4) is 0 Å². The average molecular weight is 419 g/mol. The van der Waals surface area contributed by atoms with Crippen molar-refractivity contribution in [3.63, 3.8) is 0 Å². The Morgan fingerprint density at radius 2 is 1.97 bits per heavy atom. The van der Waals surface area contributed by atoms with E-state index in [9.17, 15) is 13.2 Å². The van der Waals surface area contributed by atoms with Gasteiger partial charge in [0, 0.05) is 18.1 Å². The van der Waals surface area contributed by atoms with E-state index in [2.05, 4.69) is 5.32 Å². The van der Waals surface area contributed by atoms with Crippen LogP contribution in [0.5, 0.6) is 11.5 Å². The van der Waals surface area contributed by atoms with Gasteiger partial charge in [0.05, 0.1) is 25.1 Å². The van der Waals surface area contributed by atoms with Crippen molar-refractivity contribution in [1.29, 1.82) is 0 Å². The number of para-hydroxylation sites is 1. The quantitative estimate of drug-likeness (QED) is 0.780. The molecule has 0 aliphatic carbocycles. The number of nitrogens with zero attached hydrogens (tertiary/aromatic N) is 1. The molecule has 0 radical (unpaired) electrons. The van der Waals surface area contributed by atoms with Gasteiger partial charge in [-0.25, -0.2) is 8.42 Å². The first kappa shape index (κ1) is 21.0. The first-order valence-electron chi connectivity index (χ1n) is 9.28. The van der Waals surface area contributed by atoms with Gasteiger partial charge in [-0.1, -0.05) is 24.3 Å². The molecule has 0 saturated carbocycles. The van der Waals surface area contributed by atoms with E-state index in [1.165, 1.54) is 7.11 Å². The highest BCUT2D eigenvalue weighted by Gasteiger charge is 2.34. The molecule has 3 rings (SSSR count). The summed E-state index contributed by atoms with van der Waals surface area (Å²) in [6.45, 7) is 3.59. The van der Waals surface area contributed by atoms with Crippen molar-refractivity contribution in [2.75, 3.05) is 24.2 Å². The molecule has 0 bridgehead atoms. The van der Waals surface area contributed by atoms with Crippen molar-refractivity contribution in [1.82, 2.24) is 5.32 Å². The van der Waals surface area contributed by atoms with Crippen LogP contribution >= 0.6 is 0 Å². The predicted octanol–water partition coefficient (Wildman–Crippen LogP) is 2.88. The first-order valence-corrected chi connectivity index (χ1v) is 11.1. The Bertz CT molecular complexity index is 1000. The lowest BCUT2D eigenvalue weighted by Crippen LogP contribution is -2.45. The van der Waals surface area contributed by atoms with Gasteiger partial charge >= 0.3 is 0 Å². The number of ether oxygens (including phenoxy) is 2. The van der Waals surface area contributed by atoms with Gasteiger partial charge in [0.15, 0.2) is 0 Å². The van der Waals surface area contributed by atoms with E-state index < -0.39 is 21.5 Å². The number of fused-ring (bicyclic) bond motifs is 1. The van der Waals surface area contributed by atoms with Crippen molar-refractivity contribution in [3.8, 4) is 11.5 Å². The minimum Gasteiger partial charge on any atom is -0.497 e. The number of carbonyl (C=O) groups is 1. The molecule has 0 aromatic heterocycles. The van der Waals surface area contributed by atoms with E-state index in [1.54, 1.807) is 24.3 Å². The van der Waals surface area contributed by atoms with Crippen molar-refractivity contribution < 1.29 is 22.7 Å². The number of methoxy groups -OCH3 is 1. The lowest BCUT2D eigenvalue weighted by Gasteiger charge is -2.38. The Morgan fingerprint density at radius 3 is 2.66 bits per heavy atom.